The Kier molecular flexibility index (Phi) is 5.17. The van der Waals surface area contributed by atoms with Crippen LogP contribution in [0.2, 0.25) is 0 Å². The molecule has 18 heavy (non-hydrogen) atoms. The fourth-order valence-corrected chi connectivity index (χ4v) is 2.00. The van der Waals surface area contributed by atoms with Gasteiger partial charge in [-0.15, -0.1) is 0 Å². The molecule has 0 amide bonds. The summed E-state index contributed by atoms with van der Waals surface area (Å²) in [5.41, 5.74) is 8.17. The van der Waals surface area contributed by atoms with Crippen LogP contribution in [0.4, 0.5) is 0 Å². The molecule has 1 aromatic carbocycles. The number of nitrogens with two attached hydrogens (primary N) is 1. The minimum absolute atomic E-state index is 0.613. The number of ether oxygens (including phenoxy) is 1. The Morgan fingerprint density at radius 1 is 1.33 bits per heavy atom. The first-order valence-corrected chi connectivity index (χ1v) is 6.82. The number of rotatable bonds is 8. The van der Waals surface area contributed by atoms with Crippen LogP contribution in [0.1, 0.15) is 24.0 Å². The first kappa shape index (κ1) is 13.5. The van der Waals surface area contributed by atoms with E-state index in [1.165, 1.54) is 24.0 Å². The first-order valence-electron chi connectivity index (χ1n) is 6.82. The van der Waals surface area contributed by atoms with Crippen LogP contribution in [0.3, 0.4) is 0 Å². The Bertz CT molecular complexity index is 363. The number of hydrogen-bond acceptors (Lipinski definition) is 3. The molecule has 3 nitrogen and oxygen atoms in total. The van der Waals surface area contributed by atoms with E-state index in [1.807, 2.05) is 0 Å². The summed E-state index contributed by atoms with van der Waals surface area (Å²) in [7, 11) is 2.13. The molecule has 0 unspecified atom stereocenters. The monoisotopic (exact) mass is 248 g/mol. The van der Waals surface area contributed by atoms with Gasteiger partial charge >= 0.3 is 0 Å². The fraction of sp³-hybridized carbons (Fsp3) is 0.600. The molecule has 0 aromatic heterocycles. The summed E-state index contributed by atoms with van der Waals surface area (Å²) in [5, 5.41) is 0. The van der Waals surface area contributed by atoms with Crippen molar-refractivity contribution in [1.29, 1.82) is 0 Å². The molecule has 1 saturated carbocycles. The zero-order valence-corrected chi connectivity index (χ0v) is 11.3. The van der Waals surface area contributed by atoms with E-state index in [0.29, 0.717) is 6.54 Å². The van der Waals surface area contributed by atoms with Crippen molar-refractivity contribution in [2.45, 2.75) is 25.9 Å². The van der Waals surface area contributed by atoms with Gasteiger partial charge in [0, 0.05) is 26.2 Å². The van der Waals surface area contributed by atoms with E-state index in [1.54, 1.807) is 0 Å². The predicted octanol–water partition coefficient (Wildman–Crippen LogP) is 2.00. The molecule has 3 heteroatoms. The highest BCUT2D eigenvalue weighted by Crippen LogP contribution is 2.28. The lowest BCUT2D eigenvalue weighted by molar-refractivity contribution is 0.102. The maximum absolute atomic E-state index is 5.65. The summed E-state index contributed by atoms with van der Waals surface area (Å²) in [6, 6.07) is 8.49. The van der Waals surface area contributed by atoms with Crippen molar-refractivity contribution in [3.63, 3.8) is 0 Å². The zero-order valence-electron chi connectivity index (χ0n) is 11.3. The highest BCUT2D eigenvalue weighted by atomic mass is 16.5. The van der Waals surface area contributed by atoms with Crippen molar-refractivity contribution in [2.24, 2.45) is 11.7 Å². The van der Waals surface area contributed by atoms with E-state index in [-0.39, 0.29) is 0 Å². The average Bonchev–Trinajstić information content (AvgIpc) is 3.19. The third-order valence-electron chi connectivity index (χ3n) is 3.35. The predicted molar refractivity (Wildman–Crippen MR) is 74.2 cm³/mol. The van der Waals surface area contributed by atoms with Gasteiger partial charge in [0.2, 0.25) is 0 Å². The lowest BCUT2D eigenvalue weighted by atomic mass is 10.1. The third-order valence-corrected chi connectivity index (χ3v) is 3.35. The van der Waals surface area contributed by atoms with Crippen LogP contribution in [0.25, 0.3) is 0 Å². The summed E-state index contributed by atoms with van der Waals surface area (Å²) in [6.07, 6.45) is 2.73. The standard InChI is InChI=1S/C15H24N2O/c1-17(7-8-18-12-13-5-6-13)11-15-4-2-3-14(9-15)10-16/h2-4,9,13H,5-8,10-12,16H2,1H3. The Balaban J connectivity index is 1.66. The largest absolute Gasteiger partial charge is 0.380 e. The van der Waals surface area contributed by atoms with Gasteiger partial charge in [0.1, 0.15) is 0 Å². The second-order valence-corrected chi connectivity index (χ2v) is 5.28. The van der Waals surface area contributed by atoms with Gasteiger partial charge in [0.15, 0.2) is 0 Å². The van der Waals surface area contributed by atoms with Crippen LogP contribution < -0.4 is 5.73 Å². The van der Waals surface area contributed by atoms with Crippen molar-refractivity contribution in [2.75, 3.05) is 26.8 Å². The minimum atomic E-state index is 0.613. The van der Waals surface area contributed by atoms with Crippen LogP contribution in [0.5, 0.6) is 0 Å². The number of nitrogens with zero attached hydrogens (tertiary/aromatic N) is 1. The Morgan fingerprint density at radius 2 is 2.11 bits per heavy atom. The smallest absolute Gasteiger partial charge is 0.0593 e. The van der Waals surface area contributed by atoms with E-state index in [2.05, 4.69) is 36.2 Å². The molecule has 1 aromatic rings. The Labute approximate surface area is 110 Å². The molecule has 0 spiro atoms. The van der Waals surface area contributed by atoms with Crippen molar-refractivity contribution < 1.29 is 4.74 Å². The SMILES string of the molecule is CN(CCOCC1CC1)Cc1cccc(CN)c1. The summed E-state index contributed by atoms with van der Waals surface area (Å²) >= 11 is 0. The van der Waals surface area contributed by atoms with Crippen molar-refractivity contribution in [1.82, 2.24) is 4.90 Å². The van der Waals surface area contributed by atoms with Crippen molar-refractivity contribution >= 4 is 0 Å². The van der Waals surface area contributed by atoms with Crippen molar-refractivity contribution in [3.8, 4) is 0 Å². The molecule has 0 saturated heterocycles. The van der Waals surface area contributed by atoms with E-state index in [9.17, 15) is 0 Å². The molecule has 2 rings (SSSR count). The fourth-order valence-electron chi connectivity index (χ4n) is 2.00. The molecule has 2 N–H and O–H groups in total. The molecule has 0 atom stereocenters. The van der Waals surface area contributed by atoms with Gasteiger partial charge in [0.05, 0.1) is 6.61 Å². The van der Waals surface area contributed by atoms with Gasteiger partial charge in [-0.3, -0.25) is 4.90 Å². The van der Waals surface area contributed by atoms with Gasteiger partial charge in [-0.25, -0.2) is 0 Å². The molecule has 100 valence electrons. The van der Waals surface area contributed by atoms with E-state index in [4.69, 9.17) is 10.5 Å². The molecular weight excluding hydrogens is 224 g/mol. The molecule has 0 radical (unpaired) electrons. The summed E-state index contributed by atoms with van der Waals surface area (Å²) in [6.45, 7) is 4.35. The Hall–Kier alpha value is -0.900. The van der Waals surface area contributed by atoms with Gasteiger partial charge in [-0.2, -0.15) is 0 Å². The number of hydrogen-bond donors (Lipinski definition) is 1. The van der Waals surface area contributed by atoms with Crippen LogP contribution in [0, 0.1) is 5.92 Å². The maximum atomic E-state index is 5.65. The number of benzene rings is 1. The molecular formula is C15H24N2O. The molecule has 1 aliphatic carbocycles. The lowest BCUT2D eigenvalue weighted by Crippen LogP contribution is -2.23. The highest BCUT2D eigenvalue weighted by Gasteiger charge is 2.20. The van der Waals surface area contributed by atoms with Crippen LogP contribution in [0.15, 0.2) is 24.3 Å². The topological polar surface area (TPSA) is 38.5 Å². The van der Waals surface area contributed by atoms with Gasteiger partial charge in [-0.1, -0.05) is 24.3 Å². The average molecular weight is 248 g/mol. The van der Waals surface area contributed by atoms with Crippen molar-refractivity contribution in [3.05, 3.63) is 35.4 Å². The Morgan fingerprint density at radius 3 is 2.83 bits per heavy atom. The molecule has 0 aliphatic heterocycles. The molecule has 1 aliphatic rings. The lowest BCUT2D eigenvalue weighted by Gasteiger charge is -2.17. The van der Waals surface area contributed by atoms with Gasteiger partial charge in [0.25, 0.3) is 0 Å². The van der Waals surface area contributed by atoms with E-state index in [0.717, 1.165) is 32.2 Å². The second kappa shape index (κ2) is 6.88. The van der Waals surface area contributed by atoms with Crippen LogP contribution in [-0.2, 0) is 17.8 Å². The van der Waals surface area contributed by atoms with E-state index >= 15 is 0 Å². The molecule has 0 heterocycles. The highest BCUT2D eigenvalue weighted by molar-refractivity contribution is 5.23. The van der Waals surface area contributed by atoms with E-state index < -0.39 is 0 Å². The van der Waals surface area contributed by atoms with Gasteiger partial charge < -0.3 is 10.5 Å². The molecule has 1 fully saturated rings. The maximum Gasteiger partial charge on any atom is 0.0593 e. The minimum Gasteiger partial charge on any atom is -0.380 e. The number of likely N-dealkylation sites (N-methyl/N-ethyl adjacent to an activating group) is 1. The summed E-state index contributed by atoms with van der Waals surface area (Å²) in [5.74, 6) is 0.858. The molecule has 0 bridgehead atoms. The quantitative estimate of drug-likeness (QED) is 0.715. The first-order chi connectivity index (χ1) is 8.78. The normalized spacial score (nSPS) is 15.3. The van der Waals surface area contributed by atoms with Crippen LogP contribution in [-0.4, -0.2) is 31.7 Å². The summed E-state index contributed by atoms with van der Waals surface area (Å²) in [4.78, 5) is 2.29. The van der Waals surface area contributed by atoms with Crippen LogP contribution >= 0.6 is 0 Å². The third kappa shape index (κ3) is 4.77. The van der Waals surface area contributed by atoms with Gasteiger partial charge in [-0.05, 0) is 36.9 Å². The second-order valence-electron chi connectivity index (χ2n) is 5.28. The summed E-state index contributed by atoms with van der Waals surface area (Å²) < 4.78 is 5.65. The zero-order chi connectivity index (χ0) is 12.8.